The lowest BCUT2D eigenvalue weighted by Gasteiger charge is -2.18. The minimum absolute atomic E-state index is 0.141. The zero-order valence-corrected chi connectivity index (χ0v) is 11.7. The van der Waals surface area contributed by atoms with Crippen molar-refractivity contribution in [2.24, 2.45) is 11.8 Å². The Hall–Kier alpha value is -1.46. The fourth-order valence-electron chi connectivity index (χ4n) is 3.28. The minimum atomic E-state index is 0.141. The number of amides is 1. The second-order valence-corrected chi connectivity index (χ2v) is 6.01. The Labute approximate surface area is 121 Å². The van der Waals surface area contributed by atoms with Crippen LogP contribution in [0.2, 0.25) is 5.02 Å². The van der Waals surface area contributed by atoms with Gasteiger partial charge in [-0.25, -0.2) is 0 Å². The van der Waals surface area contributed by atoms with Gasteiger partial charge in [-0.3, -0.25) is 9.69 Å². The number of ether oxygens (including phenoxy) is 2. The average Bonchev–Trinajstić information content (AvgIpc) is 3.09. The van der Waals surface area contributed by atoms with Crippen LogP contribution in [-0.2, 0) is 11.3 Å². The summed E-state index contributed by atoms with van der Waals surface area (Å²) in [6, 6.07) is 3.75. The predicted octanol–water partition coefficient (Wildman–Crippen LogP) is 1.25. The quantitative estimate of drug-likeness (QED) is 0.892. The first-order valence-corrected chi connectivity index (χ1v) is 7.16. The Morgan fingerprint density at radius 3 is 2.90 bits per heavy atom. The number of carbonyl (C=O) groups is 1. The third-order valence-corrected chi connectivity index (χ3v) is 4.68. The molecule has 3 heterocycles. The Kier molecular flexibility index (Phi) is 2.79. The maximum atomic E-state index is 11.7. The Bertz CT molecular complexity index is 578. The van der Waals surface area contributed by atoms with Gasteiger partial charge in [0.1, 0.15) is 0 Å². The highest BCUT2D eigenvalue weighted by Gasteiger charge is 2.41. The molecule has 2 atom stereocenters. The zero-order valence-electron chi connectivity index (χ0n) is 10.9. The molecule has 4 rings (SSSR count). The first-order chi connectivity index (χ1) is 9.70. The Morgan fingerprint density at radius 2 is 2.10 bits per heavy atom. The summed E-state index contributed by atoms with van der Waals surface area (Å²) in [4.78, 5) is 14.0. The lowest BCUT2D eigenvalue weighted by molar-refractivity contribution is -0.122. The number of carbonyl (C=O) groups excluding carboxylic acids is 1. The second kappa shape index (κ2) is 4.53. The van der Waals surface area contributed by atoms with Crippen molar-refractivity contribution in [3.8, 4) is 11.5 Å². The van der Waals surface area contributed by atoms with E-state index in [9.17, 15) is 4.79 Å². The highest BCUT2D eigenvalue weighted by molar-refractivity contribution is 6.31. The lowest BCUT2D eigenvalue weighted by Crippen LogP contribution is -2.28. The van der Waals surface area contributed by atoms with Gasteiger partial charge in [0, 0.05) is 43.2 Å². The van der Waals surface area contributed by atoms with Crippen molar-refractivity contribution in [2.45, 2.75) is 6.54 Å². The molecule has 0 bridgehead atoms. The molecule has 1 amide bonds. The van der Waals surface area contributed by atoms with Gasteiger partial charge in [0.05, 0.1) is 5.92 Å². The molecular weight excluding hydrogens is 280 g/mol. The van der Waals surface area contributed by atoms with Gasteiger partial charge in [-0.15, -0.1) is 0 Å². The van der Waals surface area contributed by atoms with Crippen LogP contribution in [0.1, 0.15) is 5.56 Å². The molecule has 2 fully saturated rings. The smallest absolute Gasteiger partial charge is 0.231 e. The molecule has 0 unspecified atom stereocenters. The van der Waals surface area contributed by atoms with Crippen LogP contribution < -0.4 is 14.8 Å². The van der Waals surface area contributed by atoms with Crippen LogP contribution >= 0.6 is 11.6 Å². The number of nitrogens with zero attached hydrogens (tertiary/aromatic N) is 1. The van der Waals surface area contributed by atoms with Crippen molar-refractivity contribution < 1.29 is 14.3 Å². The molecule has 0 aromatic heterocycles. The van der Waals surface area contributed by atoms with Gasteiger partial charge in [0.15, 0.2) is 11.5 Å². The molecule has 0 spiro atoms. The maximum absolute atomic E-state index is 11.7. The second-order valence-electron chi connectivity index (χ2n) is 5.60. The highest BCUT2D eigenvalue weighted by atomic mass is 35.5. The number of benzene rings is 1. The van der Waals surface area contributed by atoms with Crippen LogP contribution in [0.5, 0.6) is 11.5 Å². The molecule has 0 radical (unpaired) electrons. The van der Waals surface area contributed by atoms with E-state index in [1.54, 1.807) is 0 Å². The highest BCUT2D eigenvalue weighted by Crippen LogP contribution is 2.38. The molecular formula is C14H15ClN2O3. The molecule has 20 heavy (non-hydrogen) atoms. The van der Waals surface area contributed by atoms with Crippen LogP contribution in [0, 0.1) is 11.8 Å². The number of hydrogen-bond donors (Lipinski definition) is 1. The number of likely N-dealkylation sites (tertiary alicyclic amines) is 1. The Balaban J connectivity index is 1.51. The first kappa shape index (κ1) is 12.3. The van der Waals surface area contributed by atoms with Crippen molar-refractivity contribution in [3.05, 3.63) is 22.7 Å². The molecule has 3 aliphatic heterocycles. The van der Waals surface area contributed by atoms with Crippen molar-refractivity contribution in [3.63, 3.8) is 0 Å². The standard InChI is InChI=1S/C14H15ClN2O3/c15-11-2-13-12(19-7-20-13)1-8(11)4-17-5-9-3-16-14(18)10(9)6-17/h1-2,9-10H,3-7H2,(H,16,18)/t9-,10+/m0/s1. The molecule has 106 valence electrons. The van der Waals surface area contributed by atoms with Gasteiger partial charge in [-0.1, -0.05) is 11.6 Å². The first-order valence-electron chi connectivity index (χ1n) is 6.79. The van der Waals surface area contributed by atoms with Gasteiger partial charge in [0.2, 0.25) is 12.7 Å². The van der Waals surface area contributed by atoms with Crippen molar-refractivity contribution >= 4 is 17.5 Å². The van der Waals surface area contributed by atoms with Gasteiger partial charge < -0.3 is 14.8 Å². The zero-order chi connectivity index (χ0) is 13.7. The van der Waals surface area contributed by atoms with E-state index < -0.39 is 0 Å². The van der Waals surface area contributed by atoms with E-state index in [1.165, 1.54) is 0 Å². The summed E-state index contributed by atoms with van der Waals surface area (Å²) in [7, 11) is 0. The van der Waals surface area contributed by atoms with Gasteiger partial charge in [0.25, 0.3) is 0 Å². The summed E-state index contributed by atoms with van der Waals surface area (Å²) in [5, 5.41) is 3.61. The van der Waals surface area contributed by atoms with E-state index in [-0.39, 0.29) is 18.6 Å². The summed E-state index contributed by atoms with van der Waals surface area (Å²) < 4.78 is 10.7. The number of halogens is 1. The van der Waals surface area contributed by atoms with E-state index in [0.29, 0.717) is 16.7 Å². The molecule has 3 aliphatic rings. The summed E-state index contributed by atoms with van der Waals surface area (Å²) in [6.07, 6.45) is 0. The SMILES string of the molecule is O=C1NC[C@H]2CN(Cc3cc4c(cc3Cl)OCO4)C[C@@H]12. The largest absolute Gasteiger partial charge is 0.454 e. The number of nitrogens with one attached hydrogen (secondary N) is 1. The van der Waals surface area contributed by atoms with Crippen LogP contribution in [0.15, 0.2) is 12.1 Å². The monoisotopic (exact) mass is 294 g/mol. The summed E-state index contributed by atoms with van der Waals surface area (Å²) in [5.74, 6) is 2.23. The van der Waals surface area contributed by atoms with Crippen LogP contribution in [0.4, 0.5) is 0 Å². The van der Waals surface area contributed by atoms with Crippen LogP contribution in [0.3, 0.4) is 0 Å². The van der Waals surface area contributed by atoms with E-state index in [2.05, 4.69) is 10.2 Å². The van der Waals surface area contributed by atoms with E-state index in [1.807, 2.05) is 12.1 Å². The molecule has 5 nitrogen and oxygen atoms in total. The molecule has 1 aromatic rings. The van der Waals surface area contributed by atoms with Crippen molar-refractivity contribution in [1.82, 2.24) is 10.2 Å². The fraction of sp³-hybridized carbons (Fsp3) is 0.500. The lowest BCUT2D eigenvalue weighted by atomic mass is 10.0. The van der Waals surface area contributed by atoms with Gasteiger partial charge in [-0.2, -0.15) is 0 Å². The molecule has 1 N–H and O–H groups in total. The summed E-state index contributed by atoms with van der Waals surface area (Å²) >= 11 is 6.29. The number of hydrogen-bond acceptors (Lipinski definition) is 4. The average molecular weight is 295 g/mol. The van der Waals surface area contributed by atoms with E-state index in [4.69, 9.17) is 21.1 Å². The van der Waals surface area contributed by atoms with Crippen LogP contribution in [0.25, 0.3) is 0 Å². The fourth-order valence-corrected chi connectivity index (χ4v) is 3.49. The van der Waals surface area contributed by atoms with Crippen molar-refractivity contribution in [1.29, 1.82) is 0 Å². The third-order valence-electron chi connectivity index (χ3n) is 4.33. The number of fused-ring (bicyclic) bond motifs is 2. The van der Waals surface area contributed by atoms with Gasteiger partial charge >= 0.3 is 0 Å². The molecule has 0 aliphatic carbocycles. The predicted molar refractivity (Wildman–Crippen MR) is 72.8 cm³/mol. The molecule has 6 heteroatoms. The third kappa shape index (κ3) is 1.93. The topological polar surface area (TPSA) is 50.8 Å². The normalized spacial score (nSPS) is 27.8. The number of rotatable bonds is 2. The summed E-state index contributed by atoms with van der Waals surface area (Å²) in [6.45, 7) is 3.54. The summed E-state index contributed by atoms with van der Waals surface area (Å²) in [5.41, 5.74) is 1.02. The van der Waals surface area contributed by atoms with E-state index in [0.717, 1.165) is 37.5 Å². The van der Waals surface area contributed by atoms with Crippen LogP contribution in [-0.4, -0.2) is 37.2 Å². The van der Waals surface area contributed by atoms with Gasteiger partial charge in [-0.05, 0) is 11.6 Å². The molecule has 2 saturated heterocycles. The minimum Gasteiger partial charge on any atom is -0.454 e. The maximum Gasteiger partial charge on any atom is 0.231 e. The molecule has 0 saturated carbocycles. The molecule has 1 aromatic carbocycles. The van der Waals surface area contributed by atoms with E-state index >= 15 is 0 Å². The van der Waals surface area contributed by atoms with Crippen molar-refractivity contribution in [2.75, 3.05) is 26.4 Å². The Morgan fingerprint density at radius 1 is 1.30 bits per heavy atom.